The van der Waals surface area contributed by atoms with Gasteiger partial charge in [-0.1, -0.05) is 6.07 Å². The normalized spacial score (nSPS) is 18.5. The highest BCUT2D eigenvalue weighted by Crippen LogP contribution is 2.26. The van der Waals surface area contributed by atoms with Crippen molar-refractivity contribution in [2.75, 3.05) is 24.5 Å². The molecule has 3 heterocycles. The van der Waals surface area contributed by atoms with E-state index in [1.54, 1.807) is 0 Å². The largest absolute Gasteiger partial charge is 0.339 e. The molecule has 0 N–H and O–H groups in total. The van der Waals surface area contributed by atoms with E-state index in [4.69, 9.17) is 0 Å². The highest BCUT2D eigenvalue weighted by atomic mass is 32.1. The summed E-state index contributed by atoms with van der Waals surface area (Å²) in [6.45, 7) is 2.45. The molecular weight excluding hydrogens is 344 g/mol. The summed E-state index contributed by atoms with van der Waals surface area (Å²) in [5.41, 5.74) is 1.62. The molecule has 2 aliphatic heterocycles. The minimum Gasteiger partial charge on any atom is -0.339 e. The molecule has 0 unspecified atom stereocenters. The zero-order valence-electron chi connectivity index (χ0n) is 14.9. The summed E-state index contributed by atoms with van der Waals surface area (Å²) in [6.07, 6.45) is 4.83. The Morgan fingerprint density at radius 1 is 1.08 bits per heavy atom. The van der Waals surface area contributed by atoms with Crippen molar-refractivity contribution >= 4 is 28.8 Å². The van der Waals surface area contributed by atoms with Crippen LogP contribution < -0.4 is 4.90 Å². The van der Waals surface area contributed by atoms with Crippen LogP contribution in [0.1, 0.15) is 40.9 Å². The zero-order valence-corrected chi connectivity index (χ0v) is 15.7. The number of anilines is 1. The average Bonchev–Trinajstić information content (AvgIpc) is 3.34. The second-order valence-electron chi connectivity index (χ2n) is 7.21. The van der Waals surface area contributed by atoms with E-state index < -0.39 is 0 Å². The first-order chi connectivity index (χ1) is 12.7. The van der Waals surface area contributed by atoms with E-state index in [-0.39, 0.29) is 11.8 Å². The first-order valence-electron chi connectivity index (χ1n) is 9.43. The molecule has 0 atom stereocenters. The molecule has 0 radical (unpaired) electrons. The molecule has 0 aliphatic carbocycles. The summed E-state index contributed by atoms with van der Waals surface area (Å²) in [5.74, 6) is 0.969. The van der Waals surface area contributed by atoms with Crippen molar-refractivity contribution in [1.29, 1.82) is 0 Å². The summed E-state index contributed by atoms with van der Waals surface area (Å²) >= 11 is 1.82. The topological polar surface area (TPSA) is 40.6 Å². The van der Waals surface area contributed by atoms with Crippen LogP contribution in [0.25, 0.3) is 0 Å². The summed E-state index contributed by atoms with van der Waals surface area (Å²) in [6, 6.07) is 11.8. The molecule has 0 bridgehead atoms. The van der Waals surface area contributed by atoms with E-state index in [2.05, 4.69) is 17.5 Å². The number of piperidine rings is 1. The van der Waals surface area contributed by atoms with E-state index in [1.807, 2.05) is 45.4 Å². The molecule has 5 heteroatoms. The maximum atomic E-state index is 12.8. The molecule has 1 aromatic carbocycles. The molecule has 2 saturated heterocycles. The fraction of sp³-hybridized carbons (Fsp3) is 0.429. The van der Waals surface area contributed by atoms with Gasteiger partial charge in [-0.05, 0) is 67.3 Å². The Morgan fingerprint density at radius 3 is 2.46 bits per heavy atom. The lowest BCUT2D eigenvalue weighted by atomic mass is 9.92. The predicted molar refractivity (Wildman–Crippen MR) is 105 cm³/mol. The van der Waals surface area contributed by atoms with E-state index >= 15 is 0 Å². The Labute approximate surface area is 158 Å². The molecule has 0 spiro atoms. The van der Waals surface area contributed by atoms with Crippen molar-refractivity contribution in [3.63, 3.8) is 0 Å². The van der Waals surface area contributed by atoms with Gasteiger partial charge in [0, 0.05) is 42.2 Å². The van der Waals surface area contributed by atoms with Crippen molar-refractivity contribution in [3.8, 4) is 0 Å². The highest BCUT2D eigenvalue weighted by molar-refractivity contribution is 7.09. The number of amides is 2. The molecule has 26 heavy (non-hydrogen) atoms. The first kappa shape index (κ1) is 17.3. The van der Waals surface area contributed by atoms with E-state index in [9.17, 15) is 9.59 Å². The quantitative estimate of drug-likeness (QED) is 0.819. The van der Waals surface area contributed by atoms with Gasteiger partial charge in [0.05, 0.1) is 0 Å². The van der Waals surface area contributed by atoms with Crippen LogP contribution >= 0.6 is 11.3 Å². The van der Waals surface area contributed by atoms with Crippen molar-refractivity contribution in [3.05, 3.63) is 52.2 Å². The van der Waals surface area contributed by atoms with E-state index in [0.29, 0.717) is 12.3 Å². The van der Waals surface area contributed by atoms with Gasteiger partial charge in [-0.25, -0.2) is 0 Å². The number of rotatable bonds is 4. The third kappa shape index (κ3) is 3.68. The van der Waals surface area contributed by atoms with E-state index in [1.165, 1.54) is 4.88 Å². The lowest BCUT2D eigenvalue weighted by Crippen LogP contribution is -2.38. The van der Waals surface area contributed by atoms with Gasteiger partial charge in [0.25, 0.3) is 5.91 Å². The smallest absolute Gasteiger partial charge is 0.253 e. The van der Waals surface area contributed by atoms with Crippen LogP contribution in [0, 0.1) is 5.92 Å². The monoisotopic (exact) mass is 368 g/mol. The first-order valence-corrected chi connectivity index (χ1v) is 10.3. The molecule has 0 saturated carbocycles. The molecule has 136 valence electrons. The molecule has 2 aromatic rings. The minimum atomic E-state index is 0.110. The number of thiophene rings is 1. The van der Waals surface area contributed by atoms with Gasteiger partial charge in [0.15, 0.2) is 0 Å². The van der Waals surface area contributed by atoms with Crippen molar-refractivity contribution in [1.82, 2.24) is 4.90 Å². The van der Waals surface area contributed by atoms with Crippen LogP contribution in [0.3, 0.4) is 0 Å². The van der Waals surface area contributed by atoms with Gasteiger partial charge < -0.3 is 9.80 Å². The third-order valence-electron chi connectivity index (χ3n) is 5.47. The van der Waals surface area contributed by atoms with Gasteiger partial charge in [-0.15, -0.1) is 11.3 Å². The molecule has 1 aromatic heterocycles. The number of nitrogens with zero attached hydrogens (tertiary/aromatic N) is 2. The Bertz CT molecular complexity index is 762. The lowest BCUT2D eigenvalue weighted by Gasteiger charge is -2.32. The molecule has 2 fully saturated rings. The molecule has 4 nitrogen and oxygen atoms in total. The summed E-state index contributed by atoms with van der Waals surface area (Å²) in [5, 5.41) is 2.13. The minimum absolute atomic E-state index is 0.110. The van der Waals surface area contributed by atoms with Crippen molar-refractivity contribution in [2.45, 2.75) is 32.1 Å². The highest BCUT2D eigenvalue weighted by Gasteiger charge is 2.25. The SMILES string of the molecule is O=C(c1ccc(N2CCCC2=O)cc1)N1CCC(Cc2cccs2)CC1. The second kappa shape index (κ2) is 7.62. The fourth-order valence-electron chi connectivity index (χ4n) is 3.94. The van der Waals surface area contributed by atoms with Crippen molar-refractivity contribution in [2.24, 2.45) is 5.92 Å². The van der Waals surface area contributed by atoms with E-state index in [0.717, 1.165) is 56.6 Å². The molecule has 4 rings (SSSR count). The Kier molecular flexibility index (Phi) is 5.07. The van der Waals surface area contributed by atoms with Gasteiger partial charge in [0.1, 0.15) is 0 Å². The van der Waals surface area contributed by atoms with Gasteiger partial charge in [0.2, 0.25) is 5.91 Å². The maximum absolute atomic E-state index is 12.8. The number of hydrogen-bond donors (Lipinski definition) is 0. The van der Waals surface area contributed by atoms with Gasteiger partial charge in [-0.3, -0.25) is 9.59 Å². The summed E-state index contributed by atoms with van der Waals surface area (Å²) < 4.78 is 0. The number of carbonyl (C=O) groups excluding carboxylic acids is 2. The summed E-state index contributed by atoms with van der Waals surface area (Å²) in [4.78, 5) is 29.8. The summed E-state index contributed by atoms with van der Waals surface area (Å²) in [7, 11) is 0. The number of carbonyl (C=O) groups is 2. The predicted octanol–water partition coefficient (Wildman–Crippen LogP) is 3.97. The van der Waals surface area contributed by atoms with Crippen LogP contribution in [-0.2, 0) is 11.2 Å². The standard InChI is InChI=1S/C21H24N2O2S/c24-20-4-1-11-23(20)18-7-5-17(6-8-18)21(25)22-12-9-16(10-13-22)15-19-3-2-14-26-19/h2-3,5-8,14,16H,1,4,9-13,15H2. The average molecular weight is 369 g/mol. The second-order valence-corrected chi connectivity index (χ2v) is 8.25. The maximum Gasteiger partial charge on any atom is 0.253 e. The fourth-order valence-corrected chi connectivity index (χ4v) is 4.76. The molecule has 2 aliphatic rings. The van der Waals surface area contributed by atoms with Crippen molar-refractivity contribution < 1.29 is 9.59 Å². The van der Waals surface area contributed by atoms with Crippen LogP contribution in [0.4, 0.5) is 5.69 Å². The van der Waals surface area contributed by atoms with Crippen LogP contribution in [-0.4, -0.2) is 36.3 Å². The third-order valence-corrected chi connectivity index (χ3v) is 6.37. The van der Waals surface area contributed by atoms with Crippen LogP contribution in [0.5, 0.6) is 0 Å². The van der Waals surface area contributed by atoms with Crippen LogP contribution in [0.15, 0.2) is 41.8 Å². The zero-order chi connectivity index (χ0) is 17.9. The number of likely N-dealkylation sites (tertiary alicyclic amines) is 1. The number of benzene rings is 1. The van der Waals surface area contributed by atoms with Crippen LogP contribution in [0.2, 0.25) is 0 Å². The van der Waals surface area contributed by atoms with Gasteiger partial charge in [-0.2, -0.15) is 0 Å². The lowest BCUT2D eigenvalue weighted by molar-refractivity contribution is -0.117. The Morgan fingerprint density at radius 2 is 1.85 bits per heavy atom. The number of hydrogen-bond acceptors (Lipinski definition) is 3. The Balaban J connectivity index is 1.34. The molecule has 2 amide bonds. The van der Waals surface area contributed by atoms with Gasteiger partial charge >= 0.3 is 0 Å². The molecular formula is C21H24N2O2S. The Hall–Kier alpha value is -2.14.